The van der Waals surface area contributed by atoms with Gasteiger partial charge in [-0.15, -0.1) is 0 Å². The molecule has 4 heterocycles. The van der Waals surface area contributed by atoms with Gasteiger partial charge in [-0.05, 0) is 32.3 Å². The van der Waals surface area contributed by atoms with Gasteiger partial charge in [0.05, 0.1) is 34.9 Å². The second-order valence-electron chi connectivity index (χ2n) is 6.72. The molecule has 0 amide bonds. The van der Waals surface area contributed by atoms with E-state index in [1.54, 1.807) is 12.5 Å². The smallest absolute Gasteiger partial charge is 0.159 e. The van der Waals surface area contributed by atoms with Gasteiger partial charge in [0.1, 0.15) is 11.9 Å². The summed E-state index contributed by atoms with van der Waals surface area (Å²) in [6.07, 6.45) is 11.3. The second kappa shape index (κ2) is 5.34. The molecular formula is C18H19N5O2. The van der Waals surface area contributed by atoms with E-state index >= 15 is 0 Å². The van der Waals surface area contributed by atoms with E-state index in [1.165, 1.54) is 6.42 Å². The summed E-state index contributed by atoms with van der Waals surface area (Å²) < 4.78 is 7.09. The van der Waals surface area contributed by atoms with E-state index in [4.69, 9.17) is 9.25 Å². The first kappa shape index (κ1) is 14.5. The molecular weight excluding hydrogens is 318 g/mol. The van der Waals surface area contributed by atoms with Crippen molar-refractivity contribution in [3.05, 3.63) is 36.5 Å². The molecule has 7 heteroatoms. The highest BCUT2D eigenvalue weighted by Gasteiger charge is 2.45. The van der Waals surface area contributed by atoms with Gasteiger partial charge in [0, 0.05) is 24.7 Å². The van der Waals surface area contributed by atoms with Crippen LogP contribution in [0.3, 0.4) is 0 Å². The molecule has 1 aliphatic heterocycles. The van der Waals surface area contributed by atoms with Gasteiger partial charge in [0.2, 0.25) is 0 Å². The zero-order chi connectivity index (χ0) is 16.9. The summed E-state index contributed by atoms with van der Waals surface area (Å²) in [7, 11) is 0. The van der Waals surface area contributed by atoms with Crippen LogP contribution < -0.4 is 5.32 Å². The molecule has 0 saturated heterocycles. The van der Waals surface area contributed by atoms with Gasteiger partial charge < -0.3 is 14.6 Å². The van der Waals surface area contributed by atoms with Crippen LogP contribution in [-0.2, 0) is 11.4 Å². The maximum absolute atomic E-state index is 5.77. The Labute approximate surface area is 144 Å². The van der Waals surface area contributed by atoms with Crippen molar-refractivity contribution in [3.63, 3.8) is 0 Å². The third-order valence-electron chi connectivity index (χ3n) is 5.17. The first-order valence-electron chi connectivity index (χ1n) is 8.67. The molecule has 1 spiro atoms. The summed E-state index contributed by atoms with van der Waals surface area (Å²) in [6, 6.07) is 1.89. The third kappa shape index (κ3) is 2.22. The highest BCUT2D eigenvalue weighted by atomic mass is 16.7. The number of nitrogens with one attached hydrogen (secondary N) is 1. The van der Waals surface area contributed by atoms with Crippen LogP contribution in [0.1, 0.15) is 38.2 Å². The van der Waals surface area contributed by atoms with E-state index in [9.17, 15) is 0 Å². The van der Waals surface area contributed by atoms with Gasteiger partial charge in [0.25, 0.3) is 0 Å². The molecule has 2 aliphatic rings. The normalized spacial score (nSPS) is 18.2. The predicted molar refractivity (Wildman–Crippen MR) is 94.0 cm³/mol. The minimum atomic E-state index is -0.0786. The number of aryl methyl sites for hydroxylation is 1. The van der Waals surface area contributed by atoms with Crippen molar-refractivity contribution in [1.82, 2.24) is 14.8 Å². The molecule has 0 bridgehead atoms. The average molecular weight is 337 g/mol. The molecule has 1 fully saturated rings. The number of rotatable bonds is 4. The number of pyridine rings is 1. The molecule has 0 aromatic carbocycles. The minimum Gasteiger partial charge on any atom is -0.470 e. The van der Waals surface area contributed by atoms with Gasteiger partial charge in [-0.3, -0.25) is 0 Å². The Bertz CT molecular complexity index is 953. The number of fused-ring (bicyclic) bond motifs is 1. The predicted octanol–water partition coefficient (Wildman–Crippen LogP) is 3.83. The number of nitrogens with zero attached hydrogens (tertiary/aromatic N) is 4. The van der Waals surface area contributed by atoms with Crippen LogP contribution >= 0.6 is 0 Å². The Morgan fingerprint density at radius 3 is 2.92 bits per heavy atom. The largest absolute Gasteiger partial charge is 0.470 e. The van der Waals surface area contributed by atoms with E-state index < -0.39 is 0 Å². The average Bonchev–Trinajstić information content (AvgIpc) is 3.33. The van der Waals surface area contributed by atoms with Gasteiger partial charge in [-0.1, -0.05) is 5.16 Å². The summed E-state index contributed by atoms with van der Waals surface area (Å²) in [5.74, 6) is 0. The fraction of sp³-hybridized carbons (Fsp3) is 0.389. The molecule has 5 rings (SSSR count). The SMILES string of the molecule is CCn1ncc2c(Nc3ccoc3)c(C3=NOC4(CCC4)C3)cnc21. The molecule has 1 saturated carbocycles. The molecule has 0 atom stereocenters. The fourth-order valence-electron chi connectivity index (χ4n) is 3.60. The van der Waals surface area contributed by atoms with Gasteiger partial charge in [0.15, 0.2) is 5.65 Å². The van der Waals surface area contributed by atoms with Gasteiger partial charge >= 0.3 is 0 Å². The zero-order valence-electron chi connectivity index (χ0n) is 14.0. The molecule has 7 nitrogen and oxygen atoms in total. The Kier molecular flexibility index (Phi) is 3.10. The van der Waals surface area contributed by atoms with Crippen LogP contribution in [0, 0.1) is 0 Å². The van der Waals surface area contributed by atoms with Gasteiger partial charge in [-0.25, -0.2) is 9.67 Å². The van der Waals surface area contributed by atoms with E-state index in [-0.39, 0.29) is 5.60 Å². The maximum Gasteiger partial charge on any atom is 0.159 e. The summed E-state index contributed by atoms with van der Waals surface area (Å²) in [5, 5.41) is 13.3. The first-order chi connectivity index (χ1) is 12.3. The van der Waals surface area contributed by atoms with Crippen LogP contribution in [0.4, 0.5) is 11.4 Å². The van der Waals surface area contributed by atoms with Crippen molar-refractivity contribution in [2.24, 2.45) is 5.16 Å². The van der Waals surface area contributed by atoms with Crippen molar-refractivity contribution in [1.29, 1.82) is 0 Å². The van der Waals surface area contributed by atoms with Crippen LogP contribution in [0.25, 0.3) is 11.0 Å². The van der Waals surface area contributed by atoms with E-state index in [0.29, 0.717) is 0 Å². The monoisotopic (exact) mass is 337 g/mol. The van der Waals surface area contributed by atoms with Crippen molar-refractivity contribution in [2.45, 2.75) is 44.8 Å². The zero-order valence-corrected chi connectivity index (χ0v) is 14.0. The highest BCUT2D eigenvalue weighted by molar-refractivity contribution is 6.11. The molecule has 3 aromatic heterocycles. The number of hydrogen-bond donors (Lipinski definition) is 1. The molecule has 0 unspecified atom stereocenters. The van der Waals surface area contributed by atoms with E-state index in [2.05, 4.69) is 27.5 Å². The Hall–Kier alpha value is -2.83. The van der Waals surface area contributed by atoms with E-state index in [1.807, 2.05) is 23.1 Å². The van der Waals surface area contributed by atoms with Gasteiger partial charge in [-0.2, -0.15) is 5.10 Å². The van der Waals surface area contributed by atoms with Crippen LogP contribution in [0.15, 0.2) is 40.6 Å². The number of hydrogen-bond acceptors (Lipinski definition) is 6. The highest BCUT2D eigenvalue weighted by Crippen LogP contribution is 2.44. The summed E-state index contributed by atoms with van der Waals surface area (Å²) in [4.78, 5) is 10.4. The lowest BCUT2D eigenvalue weighted by Crippen LogP contribution is -2.36. The summed E-state index contributed by atoms with van der Waals surface area (Å²) in [5.41, 5.74) is 4.53. The molecule has 1 N–H and O–H groups in total. The van der Waals surface area contributed by atoms with E-state index in [0.717, 1.165) is 59.5 Å². The van der Waals surface area contributed by atoms with Crippen molar-refractivity contribution in [2.75, 3.05) is 5.32 Å². The summed E-state index contributed by atoms with van der Waals surface area (Å²) in [6.45, 7) is 2.83. The maximum atomic E-state index is 5.77. The molecule has 1 aliphatic carbocycles. The fourth-order valence-corrected chi connectivity index (χ4v) is 3.60. The Morgan fingerprint density at radius 2 is 2.24 bits per heavy atom. The first-order valence-corrected chi connectivity index (χ1v) is 8.67. The third-order valence-corrected chi connectivity index (χ3v) is 5.17. The van der Waals surface area contributed by atoms with Crippen LogP contribution in [0.5, 0.6) is 0 Å². The number of furan rings is 1. The lowest BCUT2D eigenvalue weighted by Gasteiger charge is -2.34. The van der Waals surface area contributed by atoms with Crippen molar-refractivity contribution in [3.8, 4) is 0 Å². The quantitative estimate of drug-likeness (QED) is 0.783. The standard InChI is InChI=1S/C18H19N5O2/c1-2-23-17-14(10-20-23)16(21-12-4-7-24-11-12)13(9-19-17)15-8-18(25-22-15)5-3-6-18/h4,7,9-11H,2-3,5-6,8H2,1H3,(H,19,21). The Balaban J connectivity index is 1.62. The lowest BCUT2D eigenvalue weighted by molar-refractivity contribution is -0.0755. The van der Waals surface area contributed by atoms with Crippen LogP contribution in [0.2, 0.25) is 0 Å². The number of aromatic nitrogens is 3. The minimum absolute atomic E-state index is 0.0786. The molecule has 0 radical (unpaired) electrons. The lowest BCUT2D eigenvalue weighted by atomic mass is 9.76. The molecule has 128 valence electrons. The van der Waals surface area contributed by atoms with Crippen LogP contribution in [-0.4, -0.2) is 26.1 Å². The summed E-state index contributed by atoms with van der Waals surface area (Å²) >= 11 is 0. The topological polar surface area (TPSA) is 77.5 Å². The number of oxime groups is 1. The molecule has 3 aromatic rings. The second-order valence-corrected chi connectivity index (χ2v) is 6.72. The van der Waals surface area contributed by atoms with Crippen molar-refractivity contribution >= 4 is 28.1 Å². The Morgan fingerprint density at radius 1 is 1.32 bits per heavy atom. The van der Waals surface area contributed by atoms with Crippen molar-refractivity contribution < 1.29 is 9.25 Å². The number of anilines is 2. The molecule has 25 heavy (non-hydrogen) atoms.